The molecule has 3 unspecified atom stereocenters. The molecular formula is C8H14I4. The third kappa shape index (κ3) is 8.25. The summed E-state index contributed by atoms with van der Waals surface area (Å²) in [6.45, 7) is 2.30. The van der Waals surface area contributed by atoms with Crippen molar-refractivity contribution in [3.63, 3.8) is 0 Å². The normalized spacial score (nSPS) is 18.8. The average Bonchev–Trinajstić information content (AvgIpc) is 1.98. The lowest BCUT2D eigenvalue weighted by atomic mass is 10.1. The Labute approximate surface area is 130 Å². The van der Waals surface area contributed by atoms with Gasteiger partial charge in [-0.2, -0.15) is 0 Å². The smallest absolute Gasteiger partial charge is 0.0237 e. The summed E-state index contributed by atoms with van der Waals surface area (Å²) >= 11 is 10.2. The van der Waals surface area contributed by atoms with Gasteiger partial charge >= 0.3 is 0 Å². The zero-order valence-corrected chi connectivity index (χ0v) is 15.7. The summed E-state index contributed by atoms with van der Waals surface area (Å²) in [5.41, 5.74) is 0. The fourth-order valence-corrected chi connectivity index (χ4v) is 4.73. The summed E-state index contributed by atoms with van der Waals surface area (Å²) < 4.78 is 3.86. The van der Waals surface area contributed by atoms with Crippen LogP contribution in [-0.4, -0.2) is 16.2 Å². The van der Waals surface area contributed by atoms with Gasteiger partial charge in [0, 0.05) is 11.8 Å². The van der Waals surface area contributed by atoms with E-state index >= 15 is 0 Å². The van der Waals surface area contributed by atoms with Crippen molar-refractivity contribution in [2.45, 2.75) is 38.0 Å². The van der Waals surface area contributed by atoms with Gasteiger partial charge < -0.3 is 0 Å². The van der Waals surface area contributed by atoms with Gasteiger partial charge in [-0.3, -0.25) is 0 Å². The van der Waals surface area contributed by atoms with Gasteiger partial charge in [0.1, 0.15) is 0 Å². The number of alkyl halides is 4. The van der Waals surface area contributed by atoms with Crippen molar-refractivity contribution in [1.82, 2.24) is 0 Å². The van der Waals surface area contributed by atoms with E-state index in [-0.39, 0.29) is 0 Å². The van der Waals surface area contributed by atoms with Crippen LogP contribution >= 0.6 is 90.4 Å². The van der Waals surface area contributed by atoms with Crippen molar-refractivity contribution in [1.29, 1.82) is 0 Å². The minimum Gasteiger partial charge on any atom is -0.0864 e. The van der Waals surface area contributed by atoms with E-state index < -0.39 is 0 Å². The molecule has 0 aromatic carbocycles. The lowest BCUT2D eigenvalue weighted by molar-refractivity contribution is 0.706. The lowest BCUT2D eigenvalue weighted by Crippen LogP contribution is -2.16. The highest BCUT2D eigenvalue weighted by Gasteiger charge is 2.16. The van der Waals surface area contributed by atoms with Gasteiger partial charge in [-0.05, 0) is 23.7 Å². The van der Waals surface area contributed by atoms with E-state index in [1.54, 1.807) is 0 Å². The molecule has 12 heavy (non-hydrogen) atoms. The second-order valence-electron chi connectivity index (χ2n) is 2.88. The Balaban J connectivity index is 3.53. The van der Waals surface area contributed by atoms with E-state index in [9.17, 15) is 0 Å². The first-order valence-corrected chi connectivity index (χ1v) is 9.32. The minimum atomic E-state index is 0.821. The molecule has 0 nitrogen and oxygen atoms in total. The second kappa shape index (κ2) is 9.17. The zero-order chi connectivity index (χ0) is 9.56. The molecule has 0 bridgehead atoms. The highest BCUT2D eigenvalue weighted by atomic mass is 127. The predicted octanol–water partition coefficient (Wildman–Crippen LogP) is 5.02. The maximum Gasteiger partial charge on any atom is 0.0237 e. The Hall–Kier alpha value is 2.92. The quantitative estimate of drug-likeness (QED) is 0.290. The third-order valence-corrected chi connectivity index (χ3v) is 7.07. The highest BCUT2D eigenvalue weighted by molar-refractivity contribution is 14.1. The molecule has 0 aliphatic rings. The van der Waals surface area contributed by atoms with Crippen LogP contribution in [0.5, 0.6) is 0 Å². The maximum atomic E-state index is 2.61. The van der Waals surface area contributed by atoms with Gasteiger partial charge in [0.05, 0.1) is 0 Å². The monoisotopic (exact) mass is 618 g/mol. The van der Waals surface area contributed by atoms with E-state index in [1.165, 1.54) is 23.7 Å². The fraction of sp³-hybridized carbons (Fsp3) is 1.00. The summed E-state index contributed by atoms with van der Waals surface area (Å²) in [4.78, 5) is 0. The van der Waals surface area contributed by atoms with Gasteiger partial charge in [0.15, 0.2) is 0 Å². The largest absolute Gasteiger partial charge is 0.0864 e. The van der Waals surface area contributed by atoms with Crippen LogP contribution < -0.4 is 0 Å². The van der Waals surface area contributed by atoms with Gasteiger partial charge in [-0.25, -0.2) is 0 Å². The maximum absolute atomic E-state index is 2.61. The lowest BCUT2D eigenvalue weighted by Gasteiger charge is -2.17. The van der Waals surface area contributed by atoms with Crippen LogP contribution in [0, 0.1) is 0 Å². The Bertz CT molecular complexity index is 105. The van der Waals surface area contributed by atoms with Crippen molar-refractivity contribution in [3.05, 3.63) is 0 Å². The first-order valence-electron chi connectivity index (χ1n) is 4.06. The molecule has 0 saturated heterocycles. The molecule has 74 valence electrons. The number of hydrogen-bond donors (Lipinski definition) is 0. The van der Waals surface area contributed by atoms with Crippen LogP contribution in [0.2, 0.25) is 0 Å². The fourth-order valence-electron chi connectivity index (χ4n) is 0.911. The molecule has 3 atom stereocenters. The molecule has 0 amide bonds. The molecule has 0 aromatic rings. The van der Waals surface area contributed by atoms with Crippen LogP contribution in [0.15, 0.2) is 0 Å². The molecule has 0 aliphatic heterocycles. The van der Waals surface area contributed by atoms with E-state index in [1.807, 2.05) is 0 Å². The molecule has 4 heteroatoms. The summed E-state index contributed by atoms with van der Waals surface area (Å²) in [7, 11) is 0. The van der Waals surface area contributed by atoms with Gasteiger partial charge in [-0.1, -0.05) is 97.3 Å². The Morgan fingerprint density at radius 2 is 1.67 bits per heavy atom. The molecule has 0 aliphatic carbocycles. The van der Waals surface area contributed by atoms with Crippen molar-refractivity contribution in [3.8, 4) is 0 Å². The van der Waals surface area contributed by atoms with Crippen molar-refractivity contribution in [2.75, 3.05) is 4.43 Å². The third-order valence-electron chi connectivity index (χ3n) is 1.56. The van der Waals surface area contributed by atoms with Crippen LogP contribution in [0.25, 0.3) is 0 Å². The molecule has 0 N–H and O–H groups in total. The average molecular weight is 618 g/mol. The first-order chi connectivity index (χ1) is 5.57. The first kappa shape index (κ1) is 14.9. The van der Waals surface area contributed by atoms with Crippen LogP contribution in [-0.2, 0) is 0 Å². The number of halogens is 4. The van der Waals surface area contributed by atoms with E-state index in [4.69, 9.17) is 0 Å². The summed E-state index contributed by atoms with van der Waals surface area (Å²) in [6.07, 6.45) is 4.12. The number of hydrogen-bond acceptors (Lipinski definition) is 0. The Morgan fingerprint density at radius 1 is 1.08 bits per heavy atom. The number of rotatable bonds is 6. The van der Waals surface area contributed by atoms with Crippen LogP contribution in [0.1, 0.15) is 26.2 Å². The van der Waals surface area contributed by atoms with Gasteiger partial charge in [-0.15, -0.1) is 0 Å². The summed E-state index contributed by atoms with van der Waals surface area (Å²) in [5, 5.41) is 0. The Morgan fingerprint density at radius 3 is 2.08 bits per heavy atom. The topological polar surface area (TPSA) is 0 Å². The Kier molecular flexibility index (Phi) is 11.4. The molecular weight excluding hydrogens is 604 g/mol. The molecule has 0 saturated carbocycles. The zero-order valence-electron chi connectivity index (χ0n) is 7.07. The van der Waals surface area contributed by atoms with Crippen LogP contribution in [0.3, 0.4) is 0 Å². The second-order valence-corrected chi connectivity index (χ2v) is 9.28. The predicted molar refractivity (Wildman–Crippen MR) is 91.8 cm³/mol. The molecule has 0 rings (SSSR count). The standard InChI is InChI=1S/C8H14I4/c1-6(10)5-8(12)7(11)3-2-4-9/h6-8H,2-5H2,1H3. The summed E-state index contributed by atoms with van der Waals surface area (Å²) in [6, 6.07) is 0. The van der Waals surface area contributed by atoms with Crippen LogP contribution in [0.4, 0.5) is 0 Å². The van der Waals surface area contributed by atoms with Crippen molar-refractivity contribution in [2.24, 2.45) is 0 Å². The molecule has 0 aromatic heterocycles. The van der Waals surface area contributed by atoms with E-state index in [2.05, 4.69) is 97.3 Å². The molecule has 0 spiro atoms. The van der Waals surface area contributed by atoms with Gasteiger partial charge in [0.25, 0.3) is 0 Å². The van der Waals surface area contributed by atoms with Crippen molar-refractivity contribution >= 4 is 90.4 Å². The van der Waals surface area contributed by atoms with Crippen molar-refractivity contribution < 1.29 is 0 Å². The SMILES string of the molecule is CC(I)CC(I)C(I)CCCI. The summed E-state index contributed by atoms with van der Waals surface area (Å²) in [5.74, 6) is 0. The molecule has 0 heterocycles. The minimum absolute atomic E-state index is 0.821. The molecule has 0 fully saturated rings. The van der Waals surface area contributed by atoms with Gasteiger partial charge in [0.2, 0.25) is 0 Å². The highest BCUT2D eigenvalue weighted by Crippen LogP contribution is 2.26. The van der Waals surface area contributed by atoms with E-state index in [0.717, 1.165) is 11.8 Å². The van der Waals surface area contributed by atoms with E-state index in [0.29, 0.717) is 0 Å². The molecule has 0 radical (unpaired) electrons.